The van der Waals surface area contributed by atoms with E-state index in [0.29, 0.717) is 17.8 Å². The van der Waals surface area contributed by atoms with E-state index in [1.165, 1.54) is 37.4 Å². The summed E-state index contributed by atoms with van der Waals surface area (Å²) < 4.78 is 0. The highest BCUT2D eigenvalue weighted by atomic mass is 32.2. The number of anilines is 1. The number of hydrogen-bond donors (Lipinski definition) is 1. The van der Waals surface area contributed by atoms with Crippen molar-refractivity contribution in [2.24, 2.45) is 4.99 Å². The van der Waals surface area contributed by atoms with E-state index in [9.17, 15) is 9.59 Å². The predicted molar refractivity (Wildman–Crippen MR) is 108 cm³/mol. The van der Waals surface area contributed by atoms with Crippen LogP contribution in [-0.2, 0) is 9.59 Å². The number of aliphatic imine (C=N–C) groups is 1. The van der Waals surface area contributed by atoms with Crippen molar-refractivity contribution in [3.05, 3.63) is 30.3 Å². The first kappa shape index (κ1) is 19.0. The van der Waals surface area contributed by atoms with Crippen LogP contribution in [0.4, 0.5) is 5.69 Å². The molecule has 1 aromatic rings. The number of nitrogens with one attached hydrogen (secondary N) is 1. The molecule has 0 aromatic heterocycles. The topological polar surface area (TPSA) is 61.8 Å². The van der Waals surface area contributed by atoms with E-state index < -0.39 is 0 Å². The quantitative estimate of drug-likeness (QED) is 0.800. The summed E-state index contributed by atoms with van der Waals surface area (Å²) in [5.74, 6) is -0.123. The minimum absolute atomic E-state index is 0.0259. The summed E-state index contributed by atoms with van der Waals surface area (Å²) in [4.78, 5) is 31.5. The second-order valence-corrected chi connectivity index (χ2v) is 8.04. The molecule has 3 rings (SSSR count). The zero-order valence-electron chi connectivity index (χ0n) is 15.3. The lowest BCUT2D eigenvalue weighted by atomic mass is 10.1. The van der Waals surface area contributed by atoms with Gasteiger partial charge in [-0.25, -0.2) is 0 Å². The van der Waals surface area contributed by atoms with Gasteiger partial charge in [0.05, 0.1) is 6.04 Å². The number of benzene rings is 1. The number of amidine groups is 1. The molecule has 1 saturated heterocycles. The maximum atomic E-state index is 12.7. The molecule has 0 bridgehead atoms. The Hall–Kier alpha value is -1.82. The van der Waals surface area contributed by atoms with Crippen LogP contribution in [-0.4, -0.2) is 34.8 Å². The second-order valence-electron chi connectivity index (χ2n) is 6.85. The van der Waals surface area contributed by atoms with Crippen LogP contribution in [0.1, 0.15) is 51.9 Å². The van der Waals surface area contributed by atoms with Gasteiger partial charge in [0.15, 0.2) is 5.17 Å². The maximum absolute atomic E-state index is 12.7. The molecule has 2 aliphatic rings. The largest absolute Gasteiger partial charge is 0.313 e. The van der Waals surface area contributed by atoms with Crippen molar-refractivity contribution >= 4 is 34.4 Å². The highest BCUT2D eigenvalue weighted by molar-refractivity contribution is 8.15. The number of rotatable bonds is 5. The molecule has 1 atom stereocenters. The van der Waals surface area contributed by atoms with Crippen molar-refractivity contribution in [1.82, 2.24) is 5.32 Å². The minimum Gasteiger partial charge on any atom is -0.313 e. The average molecular weight is 374 g/mol. The van der Waals surface area contributed by atoms with Crippen LogP contribution in [0.25, 0.3) is 0 Å². The van der Waals surface area contributed by atoms with Crippen molar-refractivity contribution in [3.8, 4) is 0 Å². The van der Waals surface area contributed by atoms with E-state index in [1.54, 1.807) is 4.90 Å². The molecule has 1 aliphatic heterocycles. The van der Waals surface area contributed by atoms with Gasteiger partial charge in [0, 0.05) is 18.7 Å². The molecule has 1 heterocycles. The molecule has 5 nitrogen and oxygen atoms in total. The van der Waals surface area contributed by atoms with E-state index in [2.05, 4.69) is 5.32 Å². The summed E-state index contributed by atoms with van der Waals surface area (Å²) in [7, 11) is 0. The van der Waals surface area contributed by atoms with Crippen molar-refractivity contribution in [2.75, 3.05) is 11.4 Å². The summed E-state index contributed by atoms with van der Waals surface area (Å²) in [6.45, 7) is 2.54. The molecule has 2 amide bonds. The van der Waals surface area contributed by atoms with Gasteiger partial charge in [0.2, 0.25) is 11.8 Å². The Morgan fingerprint density at radius 2 is 1.88 bits per heavy atom. The third-order valence-electron chi connectivity index (χ3n) is 4.95. The predicted octanol–water partition coefficient (Wildman–Crippen LogP) is 3.74. The van der Waals surface area contributed by atoms with Gasteiger partial charge in [0.25, 0.3) is 0 Å². The maximum Gasteiger partial charge on any atom is 0.240 e. The van der Waals surface area contributed by atoms with Crippen LogP contribution >= 0.6 is 11.8 Å². The first-order valence-corrected chi connectivity index (χ1v) is 10.5. The zero-order chi connectivity index (χ0) is 18.4. The third-order valence-corrected chi connectivity index (χ3v) is 6.04. The smallest absolute Gasteiger partial charge is 0.240 e. The van der Waals surface area contributed by atoms with E-state index in [1.807, 2.05) is 37.3 Å². The molecule has 26 heavy (non-hydrogen) atoms. The van der Waals surface area contributed by atoms with Crippen LogP contribution in [0, 0.1) is 0 Å². The molecule has 0 radical (unpaired) electrons. The monoisotopic (exact) mass is 373 g/mol. The number of amides is 2. The Labute approximate surface area is 159 Å². The molecule has 1 unspecified atom stereocenters. The highest BCUT2D eigenvalue weighted by Crippen LogP contribution is 2.27. The highest BCUT2D eigenvalue weighted by Gasteiger charge is 2.33. The molecule has 0 spiro atoms. The molecule has 1 aromatic carbocycles. The van der Waals surface area contributed by atoms with Gasteiger partial charge in [-0.15, -0.1) is 0 Å². The van der Waals surface area contributed by atoms with Crippen LogP contribution in [0.2, 0.25) is 0 Å². The Balaban J connectivity index is 1.61. The van der Waals surface area contributed by atoms with Crippen LogP contribution in [0.3, 0.4) is 0 Å². The molecule has 1 saturated carbocycles. The first-order chi connectivity index (χ1) is 12.7. The van der Waals surface area contributed by atoms with E-state index in [4.69, 9.17) is 4.99 Å². The van der Waals surface area contributed by atoms with Crippen LogP contribution in [0.15, 0.2) is 35.3 Å². The zero-order valence-corrected chi connectivity index (χ0v) is 16.1. The fraction of sp³-hybridized carbons (Fsp3) is 0.550. The van der Waals surface area contributed by atoms with Gasteiger partial charge in [-0.3, -0.25) is 14.6 Å². The van der Waals surface area contributed by atoms with E-state index >= 15 is 0 Å². The molecule has 1 aliphatic carbocycles. The van der Waals surface area contributed by atoms with E-state index in [-0.39, 0.29) is 23.5 Å². The number of carbonyl (C=O) groups is 2. The van der Waals surface area contributed by atoms with Crippen LogP contribution in [0.5, 0.6) is 0 Å². The number of nitrogens with zero attached hydrogens (tertiary/aromatic N) is 2. The fourth-order valence-electron chi connectivity index (χ4n) is 3.53. The summed E-state index contributed by atoms with van der Waals surface area (Å²) in [6, 6.07) is 9.91. The second kappa shape index (κ2) is 9.21. The first-order valence-electron chi connectivity index (χ1n) is 9.58. The molecule has 2 fully saturated rings. The van der Waals surface area contributed by atoms with Gasteiger partial charge in [0.1, 0.15) is 5.25 Å². The molecule has 6 heteroatoms. The van der Waals surface area contributed by atoms with Gasteiger partial charge < -0.3 is 10.2 Å². The minimum atomic E-state index is -0.384. The lowest BCUT2D eigenvalue weighted by molar-refractivity contribution is -0.123. The normalized spacial score (nSPS) is 22.9. The number of thioether (sulfide) groups is 1. The number of para-hydroxylation sites is 1. The fourth-order valence-corrected chi connectivity index (χ4v) is 4.56. The Bertz CT molecular complexity index is 654. The van der Waals surface area contributed by atoms with E-state index in [0.717, 1.165) is 18.5 Å². The summed E-state index contributed by atoms with van der Waals surface area (Å²) in [5, 5.41) is 3.19. The number of hydrogen-bond acceptors (Lipinski definition) is 4. The van der Waals surface area contributed by atoms with Crippen molar-refractivity contribution < 1.29 is 9.59 Å². The lowest BCUT2D eigenvalue weighted by Gasteiger charge is -2.21. The third kappa shape index (κ3) is 4.87. The standard InChI is InChI=1S/C20H27N3O2S/c1-2-23(16-12-8-5-9-13-16)18(24)14-17-19(25)22-20(26-17)21-15-10-6-3-4-7-11-15/h5,8-9,12-13,15,17H,2-4,6-7,10-11,14H2,1H3,(H,21,22,25). The van der Waals surface area contributed by atoms with Gasteiger partial charge >= 0.3 is 0 Å². The lowest BCUT2D eigenvalue weighted by Crippen LogP contribution is -2.35. The van der Waals surface area contributed by atoms with Crippen molar-refractivity contribution in [3.63, 3.8) is 0 Å². The summed E-state index contributed by atoms with van der Waals surface area (Å²) in [6.07, 6.45) is 7.38. The molecule has 140 valence electrons. The Morgan fingerprint density at radius 1 is 1.19 bits per heavy atom. The Kier molecular flexibility index (Phi) is 6.72. The summed E-state index contributed by atoms with van der Waals surface area (Å²) in [5.41, 5.74) is 0.871. The van der Waals surface area contributed by atoms with Crippen LogP contribution < -0.4 is 10.2 Å². The van der Waals surface area contributed by atoms with Gasteiger partial charge in [-0.2, -0.15) is 0 Å². The number of carbonyl (C=O) groups excluding carboxylic acids is 2. The van der Waals surface area contributed by atoms with Crippen molar-refractivity contribution in [1.29, 1.82) is 0 Å². The summed E-state index contributed by atoms with van der Waals surface area (Å²) >= 11 is 1.41. The van der Waals surface area contributed by atoms with Crippen molar-refractivity contribution in [2.45, 2.75) is 63.2 Å². The molecule has 1 N–H and O–H groups in total. The van der Waals surface area contributed by atoms with Gasteiger partial charge in [-0.05, 0) is 31.9 Å². The molecular formula is C20H27N3O2S. The van der Waals surface area contributed by atoms with Gasteiger partial charge in [-0.1, -0.05) is 55.6 Å². The average Bonchev–Trinajstić information content (AvgIpc) is 2.83. The molecular weight excluding hydrogens is 346 g/mol. The SMILES string of the molecule is CCN(C(=O)CC1SC(=NC2CCCCCC2)NC1=O)c1ccccc1. The Morgan fingerprint density at radius 3 is 2.54 bits per heavy atom.